The SMILES string of the molecule is N#Cc1nc(SCCS(=O)(=O)Cl)ccc1[N+](=O)[O-]. The smallest absolute Gasteiger partial charge is 0.258 e. The molecule has 0 saturated heterocycles. The lowest BCUT2D eigenvalue weighted by molar-refractivity contribution is -0.385. The Kier molecular flexibility index (Phi) is 4.89. The van der Waals surface area contributed by atoms with Crippen LogP contribution in [0.1, 0.15) is 5.69 Å². The fourth-order valence-corrected chi connectivity index (χ4v) is 3.22. The fraction of sp³-hybridized carbons (Fsp3) is 0.250. The lowest BCUT2D eigenvalue weighted by atomic mass is 10.3. The van der Waals surface area contributed by atoms with Gasteiger partial charge in [0.2, 0.25) is 14.7 Å². The van der Waals surface area contributed by atoms with Crippen molar-refractivity contribution in [1.29, 1.82) is 5.26 Å². The van der Waals surface area contributed by atoms with E-state index in [2.05, 4.69) is 4.98 Å². The molecule has 0 N–H and O–H groups in total. The van der Waals surface area contributed by atoms with Crippen LogP contribution in [0.5, 0.6) is 0 Å². The second-order valence-corrected chi connectivity index (χ2v) is 6.99. The van der Waals surface area contributed by atoms with Gasteiger partial charge < -0.3 is 0 Å². The minimum absolute atomic E-state index is 0.154. The molecule has 0 aliphatic rings. The second kappa shape index (κ2) is 5.99. The van der Waals surface area contributed by atoms with Crippen molar-refractivity contribution in [3.05, 3.63) is 27.9 Å². The van der Waals surface area contributed by atoms with Gasteiger partial charge >= 0.3 is 5.69 Å². The van der Waals surface area contributed by atoms with E-state index in [0.717, 1.165) is 17.8 Å². The quantitative estimate of drug-likeness (QED) is 0.350. The average Bonchev–Trinajstić information content (AvgIpc) is 2.26. The molecule has 0 unspecified atom stereocenters. The zero-order valence-corrected chi connectivity index (χ0v) is 11.1. The Morgan fingerprint density at radius 3 is 2.72 bits per heavy atom. The first-order valence-corrected chi connectivity index (χ1v) is 7.90. The van der Waals surface area contributed by atoms with Crippen molar-refractivity contribution in [2.45, 2.75) is 5.03 Å². The molecule has 0 atom stereocenters. The lowest BCUT2D eigenvalue weighted by Crippen LogP contribution is -2.01. The highest BCUT2D eigenvalue weighted by Gasteiger charge is 2.16. The molecule has 0 aliphatic carbocycles. The summed E-state index contributed by atoms with van der Waals surface area (Å²) in [5, 5.41) is 19.6. The molecule has 1 heterocycles. The molecule has 7 nitrogen and oxygen atoms in total. The number of rotatable bonds is 5. The highest BCUT2D eigenvalue weighted by Crippen LogP contribution is 2.22. The number of hydrogen-bond donors (Lipinski definition) is 0. The Labute approximate surface area is 111 Å². The molecule has 0 aromatic carbocycles. The first-order valence-electron chi connectivity index (χ1n) is 4.44. The second-order valence-electron chi connectivity index (χ2n) is 2.98. The Morgan fingerprint density at radius 2 is 2.22 bits per heavy atom. The summed E-state index contributed by atoms with van der Waals surface area (Å²) in [6, 6.07) is 4.12. The fourth-order valence-electron chi connectivity index (χ4n) is 0.990. The Morgan fingerprint density at radius 1 is 1.56 bits per heavy atom. The lowest BCUT2D eigenvalue weighted by Gasteiger charge is -2.00. The topological polar surface area (TPSA) is 114 Å². The van der Waals surface area contributed by atoms with Crippen molar-refractivity contribution >= 4 is 37.2 Å². The number of pyridine rings is 1. The normalized spacial score (nSPS) is 10.9. The van der Waals surface area contributed by atoms with E-state index in [9.17, 15) is 18.5 Å². The van der Waals surface area contributed by atoms with Gasteiger partial charge in [0.25, 0.3) is 0 Å². The van der Waals surface area contributed by atoms with Crippen LogP contribution in [-0.2, 0) is 9.05 Å². The van der Waals surface area contributed by atoms with Gasteiger partial charge in [-0.1, -0.05) is 0 Å². The number of halogens is 1. The Hall–Kier alpha value is -1.37. The van der Waals surface area contributed by atoms with Gasteiger partial charge in [0, 0.05) is 22.5 Å². The molecule has 0 fully saturated rings. The summed E-state index contributed by atoms with van der Waals surface area (Å²) in [5.41, 5.74) is -0.689. The average molecular weight is 308 g/mol. The van der Waals surface area contributed by atoms with E-state index in [4.69, 9.17) is 15.9 Å². The third-order valence-corrected chi connectivity index (χ3v) is 4.07. The van der Waals surface area contributed by atoms with Crippen LogP contribution in [0.2, 0.25) is 0 Å². The largest absolute Gasteiger partial charge is 0.305 e. The van der Waals surface area contributed by atoms with Crippen LogP contribution in [0.3, 0.4) is 0 Å². The zero-order valence-electron chi connectivity index (χ0n) is 8.74. The number of hydrogen-bond acceptors (Lipinski definition) is 7. The minimum Gasteiger partial charge on any atom is -0.258 e. The molecule has 0 bridgehead atoms. The van der Waals surface area contributed by atoms with E-state index >= 15 is 0 Å². The van der Waals surface area contributed by atoms with E-state index in [1.54, 1.807) is 6.07 Å². The highest BCUT2D eigenvalue weighted by molar-refractivity contribution is 8.14. The predicted octanol–water partition coefficient (Wildman–Crippen LogP) is 1.52. The molecule has 1 aromatic heterocycles. The van der Waals surface area contributed by atoms with E-state index in [1.807, 2.05) is 0 Å². The molecular formula is C8H6ClN3O4S2. The first-order chi connectivity index (χ1) is 8.33. The molecule has 0 radical (unpaired) electrons. The van der Waals surface area contributed by atoms with Crippen molar-refractivity contribution in [2.24, 2.45) is 0 Å². The third-order valence-electron chi connectivity index (χ3n) is 1.73. The van der Waals surface area contributed by atoms with Gasteiger partial charge in [-0.15, -0.1) is 11.8 Å². The van der Waals surface area contributed by atoms with Gasteiger partial charge in [0.1, 0.15) is 6.07 Å². The maximum atomic E-state index is 10.7. The van der Waals surface area contributed by atoms with Crippen LogP contribution in [0.15, 0.2) is 17.2 Å². The van der Waals surface area contributed by atoms with Gasteiger partial charge in [-0.2, -0.15) is 5.26 Å². The van der Waals surface area contributed by atoms with E-state index in [-0.39, 0.29) is 22.9 Å². The van der Waals surface area contributed by atoms with Crippen molar-refractivity contribution in [3.63, 3.8) is 0 Å². The minimum atomic E-state index is -3.58. The molecule has 96 valence electrons. The summed E-state index contributed by atoms with van der Waals surface area (Å²) in [4.78, 5) is 13.6. The van der Waals surface area contributed by atoms with Crippen LogP contribution < -0.4 is 0 Å². The summed E-state index contributed by atoms with van der Waals surface area (Å²) in [6.45, 7) is 0. The standard InChI is InChI=1S/C8H6ClN3O4S2/c9-18(15,16)4-3-17-8-2-1-7(12(13)14)6(5-10)11-8/h1-2H,3-4H2. The van der Waals surface area contributed by atoms with E-state index < -0.39 is 14.0 Å². The number of thioether (sulfide) groups is 1. The predicted molar refractivity (Wildman–Crippen MR) is 66.0 cm³/mol. The van der Waals surface area contributed by atoms with Gasteiger partial charge in [-0.25, -0.2) is 13.4 Å². The Balaban J connectivity index is 2.81. The first kappa shape index (κ1) is 14.7. The van der Waals surface area contributed by atoms with Crippen molar-refractivity contribution in [1.82, 2.24) is 4.98 Å². The number of nitro groups is 1. The molecule has 1 aromatic rings. The summed E-state index contributed by atoms with van der Waals surface area (Å²) in [5.74, 6) is -0.0959. The molecule has 18 heavy (non-hydrogen) atoms. The van der Waals surface area contributed by atoms with Gasteiger partial charge in [-0.3, -0.25) is 10.1 Å². The molecule has 0 aliphatic heterocycles. The monoisotopic (exact) mass is 307 g/mol. The van der Waals surface area contributed by atoms with Crippen molar-refractivity contribution in [3.8, 4) is 6.07 Å². The molecule has 10 heteroatoms. The van der Waals surface area contributed by atoms with Crippen LogP contribution >= 0.6 is 22.4 Å². The highest BCUT2D eigenvalue weighted by atomic mass is 35.7. The summed E-state index contributed by atoms with van der Waals surface area (Å²) >= 11 is 1.05. The maximum Gasteiger partial charge on any atom is 0.305 e. The van der Waals surface area contributed by atoms with Crippen LogP contribution in [0.25, 0.3) is 0 Å². The summed E-state index contributed by atoms with van der Waals surface area (Å²) in [6.07, 6.45) is 0. The van der Waals surface area contributed by atoms with Crippen LogP contribution in [0, 0.1) is 21.4 Å². The maximum absolute atomic E-state index is 10.7. The molecule has 0 amide bonds. The zero-order chi connectivity index (χ0) is 13.8. The third kappa shape index (κ3) is 4.48. The molecular weight excluding hydrogens is 302 g/mol. The van der Waals surface area contributed by atoms with E-state index in [1.165, 1.54) is 6.07 Å². The summed E-state index contributed by atoms with van der Waals surface area (Å²) in [7, 11) is 1.44. The number of aromatic nitrogens is 1. The molecule has 0 spiro atoms. The van der Waals surface area contributed by atoms with Gasteiger partial charge in [-0.05, 0) is 6.07 Å². The van der Waals surface area contributed by atoms with Gasteiger partial charge in [0.05, 0.1) is 15.7 Å². The number of nitriles is 1. The Bertz CT molecular complexity index is 611. The number of nitrogens with zero attached hydrogens (tertiary/aromatic N) is 3. The van der Waals surface area contributed by atoms with Gasteiger partial charge in [0.15, 0.2) is 0 Å². The van der Waals surface area contributed by atoms with Crippen molar-refractivity contribution < 1.29 is 13.3 Å². The molecule has 0 saturated carbocycles. The van der Waals surface area contributed by atoms with E-state index in [0.29, 0.717) is 5.03 Å². The molecule has 1 rings (SSSR count). The van der Waals surface area contributed by atoms with Crippen LogP contribution in [-0.4, -0.2) is 29.8 Å². The summed E-state index contributed by atoms with van der Waals surface area (Å²) < 4.78 is 21.4. The van der Waals surface area contributed by atoms with Crippen LogP contribution in [0.4, 0.5) is 5.69 Å². The van der Waals surface area contributed by atoms with Crippen molar-refractivity contribution in [2.75, 3.05) is 11.5 Å².